The molecule has 5 rings (SSSR count). The van der Waals surface area contributed by atoms with Gasteiger partial charge >= 0.3 is 0 Å². The highest BCUT2D eigenvalue weighted by molar-refractivity contribution is 7.10. The highest BCUT2D eigenvalue weighted by atomic mass is 32.1. The number of carbonyl (C=O) groups is 1. The summed E-state index contributed by atoms with van der Waals surface area (Å²) >= 11 is 1.69. The van der Waals surface area contributed by atoms with E-state index in [9.17, 15) is 4.79 Å². The van der Waals surface area contributed by atoms with Crippen LogP contribution in [0.5, 0.6) is 0 Å². The molecule has 1 aliphatic heterocycles. The second kappa shape index (κ2) is 5.46. The molecule has 26 heavy (non-hydrogen) atoms. The number of nitrogens with zero attached hydrogens (tertiary/aromatic N) is 6. The van der Waals surface area contributed by atoms with Crippen molar-refractivity contribution in [3.8, 4) is 5.82 Å². The summed E-state index contributed by atoms with van der Waals surface area (Å²) in [6.45, 7) is 4.05. The fourth-order valence-corrected chi connectivity index (χ4v) is 4.55. The minimum absolute atomic E-state index is 0.0122. The van der Waals surface area contributed by atoms with Gasteiger partial charge in [-0.2, -0.15) is 14.3 Å². The summed E-state index contributed by atoms with van der Waals surface area (Å²) < 4.78 is 3.28. The molecule has 0 aliphatic carbocycles. The van der Waals surface area contributed by atoms with Crippen LogP contribution in [0.15, 0.2) is 29.9 Å². The number of rotatable bonds is 2. The summed E-state index contributed by atoms with van der Waals surface area (Å²) in [6.07, 6.45) is 1.97. The molecule has 0 aromatic carbocycles. The van der Waals surface area contributed by atoms with Gasteiger partial charge in [-0.25, -0.2) is 0 Å². The normalized spacial score (nSPS) is 16.7. The van der Waals surface area contributed by atoms with E-state index in [0.717, 1.165) is 11.3 Å². The van der Waals surface area contributed by atoms with Crippen LogP contribution in [0.2, 0.25) is 0 Å². The van der Waals surface area contributed by atoms with Crippen LogP contribution in [-0.2, 0) is 4.79 Å². The first-order valence-electron chi connectivity index (χ1n) is 8.22. The fourth-order valence-electron chi connectivity index (χ4n) is 3.51. The van der Waals surface area contributed by atoms with Crippen molar-refractivity contribution in [2.45, 2.75) is 26.2 Å². The predicted octanol–water partition coefficient (Wildman–Crippen LogP) is 2.46. The Morgan fingerprint density at radius 1 is 1.23 bits per heavy atom. The highest BCUT2D eigenvalue weighted by Crippen LogP contribution is 2.42. The van der Waals surface area contributed by atoms with Crippen LogP contribution in [-0.4, -0.2) is 35.5 Å². The summed E-state index contributed by atoms with van der Waals surface area (Å²) in [5, 5.41) is 22.0. The maximum absolute atomic E-state index is 12.4. The molecule has 0 bridgehead atoms. The van der Waals surface area contributed by atoms with E-state index in [-0.39, 0.29) is 11.8 Å². The van der Waals surface area contributed by atoms with Crippen molar-refractivity contribution >= 4 is 28.7 Å². The van der Waals surface area contributed by atoms with Crippen molar-refractivity contribution in [3.05, 3.63) is 51.6 Å². The van der Waals surface area contributed by atoms with Crippen molar-refractivity contribution in [2.75, 3.05) is 5.32 Å². The molecule has 5 heterocycles. The van der Waals surface area contributed by atoms with Gasteiger partial charge < -0.3 is 5.32 Å². The molecule has 0 radical (unpaired) electrons. The molecule has 1 amide bonds. The van der Waals surface area contributed by atoms with Gasteiger partial charge in [0.05, 0.1) is 5.69 Å². The lowest BCUT2D eigenvalue weighted by atomic mass is 9.89. The fraction of sp³-hybridized carbons (Fsp3) is 0.235. The number of aryl methyl sites for hydroxylation is 2. The number of hydrogen-bond acceptors (Lipinski definition) is 6. The summed E-state index contributed by atoms with van der Waals surface area (Å²) in [6, 6.07) is 5.74. The van der Waals surface area contributed by atoms with Gasteiger partial charge in [0.25, 0.3) is 0 Å². The molecule has 130 valence electrons. The second-order valence-corrected chi connectivity index (χ2v) is 7.31. The molecule has 0 saturated heterocycles. The van der Waals surface area contributed by atoms with Crippen molar-refractivity contribution in [1.82, 2.24) is 29.6 Å². The molecule has 0 fully saturated rings. The second-order valence-electron chi connectivity index (χ2n) is 6.36. The Labute approximate surface area is 152 Å². The topological polar surface area (TPSA) is 90.0 Å². The number of anilines is 1. The lowest BCUT2D eigenvalue weighted by Gasteiger charge is -2.23. The maximum Gasteiger partial charge on any atom is 0.226 e. The van der Waals surface area contributed by atoms with E-state index < -0.39 is 0 Å². The third-order valence-corrected chi connectivity index (χ3v) is 5.82. The minimum Gasteiger partial charge on any atom is -0.310 e. The lowest BCUT2D eigenvalue weighted by Crippen LogP contribution is -2.25. The van der Waals surface area contributed by atoms with Gasteiger partial charge in [0.1, 0.15) is 12.1 Å². The highest BCUT2D eigenvalue weighted by Gasteiger charge is 2.34. The van der Waals surface area contributed by atoms with Crippen LogP contribution in [0.1, 0.15) is 34.0 Å². The molecule has 1 atom stereocenters. The lowest BCUT2D eigenvalue weighted by molar-refractivity contribution is -0.116. The average Bonchev–Trinajstić information content (AvgIpc) is 3.32. The third-order valence-electron chi connectivity index (χ3n) is 4.69. The van der Waals surface area contributed by atoms with E-state index in [1.807, 2.05) is 19.1 Å². The van der Waals surface area contributed by atoms with E-state index in [1.54, 1.807) is 20.5 Å². The Morgan fingerprint density at radius 2 is 2.12 bits per heavy atom. The van der Waals surface area contributed by atoms with Gasteiger partial charge in [-0.3, -0.25) is 4.79 Å². The summed E-state index contributed by atoms with van der Waals surface area (Å²) in [5.74, 6) is 1.30. The number of aromatic nitrogens is 6. The first-order valence-corrected chi connectivity index (χ1v) is 9.10. The standard InChI is InChI=1S/C17H15N7OS/c1-9-5-6-26-16(9)11-7-14(25)19-17-15(11)10(2)21-24(17)13-4-3-12-20-18-8-23(12)22-13/h3-6,8,11H,7H2,1-2H3,(H,19,25). The van der Waals surface area contributed by atoms with Crippen molar-refractivity contribution in [2.24, 2.45) is 0 Å². The van der Waals surface area contributed by atoms with E-state index in [0.29, 0.717) is 23.7 Å². The van der Waals surface area contributed by atoms with Crippen LogP contribution in [0.3, 0.4) is 0 Å². The van der Waals surface area contributed by atoms with E-state index in [4.69, 9.17) is 0 Å². The largest absolute Gasteiger partial charge is 0.310 e. The SMILES string of the molecule is Cc1ccsc1C1CC(=O)Nc2c1c(C)nn2-c1ccc2nncn2n1. The molecule has 4 aromatic heterocycles. The van der Waals surface area contributed by atoms with Gasteiger partial charge in [-0.05, 0) is 43.0 Å². The first-order chi connectivity index (χ1) is 12.6. The number of amides is 1. The van der Waals surface area contributed by atoms with Gasteiger partial charge in [-0.15, -0.1) is 26.6 Å². The van der Waals surface area contributed by atoms with Gasteiger partial charge in [0, 0.05) is 22.8 Å². The van der Waals surface area contributed by atoms with Crippen LogP contribution < -0.4 is 5.32 Å². The van der Waals surface area contributed by atoms with Crippen LogP contribution in [0.4, 0.5) is 5.82 Å². The molecule has 0 saturated carbocycles. The van der Waals surface area contributed by atoms with Crippen LogP contribution >= 0.6 is 11.3 Å². The molecular weight excluding hydrogens is 350 g/mol. The Hall–Kier alpha value is -3.07. The molecule has 1 aliphatic rings. The van der Waals surface area contributed by atoms with Crippen molar-refractivity contribution in [3.63, 3.8) is 0 Å². The smallest absolute Gasteiger partial charge is 0.226 e. The molecule has 0 spiro atoms. The molecule has 1 unspecified atom stereocenters. The number of carbonyl (C=O) groups excluding carboxylic acids is 1. The van der Waals surface area contributed by atoms with Gasteiger partial charge in [0.15, 0.2) is 11.5 Å². The Kier molecular flexibility index (Phi) is 3.20. The maximum atomic E-state index is 12.4. The van der Waals surface area contributed by atoms with Crippen molar-refractivity contribution < 1.29 is 4.79 Å². The predicted molar refractivity (Wildman–Crippen MR) is 96.8 cm³/mol. The average molecular weight is 365 g/mol. The Balaban J connectivity index is 1.70. The van der Waals surface area contributed by atoms with Crippen LogP contribution in [0, 0.1) is 13.8 Å². The van der Waals surface area contributed by atoms with E-state index in [2.05, 4.69) is 44.1 Å². The van der Waals surface area contributed by atoms with Gasteiger partial charge in [0.2, 0.25) is 5.91 Å². The van der Waals surface area contributed by atoms with Gasteiger partial charge in [-0.1, -0.05) is 0 Å². The van der Waals surface area contributed by atoms with E-state index >= 15 is 0 Å². The summed E-state index contributed by atoms with van der Waals surface area (Å²) in [7, 11) is 0. The minimum atomic E-state index is -0.0122. The number of thiophene rings is 1. The zero-order chi connectivity index (χ0) is 17.8. The quantitative estimate of drug-likeness (QED) is 0.589. The first kappa shape index (κ1) is 15.2. The Bertz CT molecular complexity index is 1160. The number of fused-ring (bicyclic) bond motifs is 2. The number of hydrogen-bond donors (Lipinski definition) is 1. The summed E-state index contributed by atoms with van der Waals surface area (Å²) in [5.41, 5.74) is 3.81. The summed E-state index contributed by atoms with van der Waals surface area (Å²) in [4.78, 5) is 13.6. The third kappa shape index (κ3) is 2.17. The molecule has 9 heteroatoms. The number of nitrogens with one attached hydrogen (secondary N) is 1. The zero-order valence-electron chi connectivity index (χ0n) is 14.2. The van der Waals surface area contributed by atoms with Crippen molar-refractivity contribution in [1.29, 1.82) is 0 Å². The Morgan fingerprint density at radius 3 is 2.92 bits per heavy atom. The zero-order valence-corrected chi connectivity index (χ0v) is 15.0. The monoisotopic (exact) mass is 365 g/mol. The van der Waals surface area contributed by atoms with Crippen LogP contribution in [0.25, 0.3) is 11.5 Å². The van der Waals surface area contributed by atoms with E-state index in [1.165, 1.54) is 16.8 Å². The molecule has 8 nitrogen and oxygen atoms in total. The molecule has 1 N–H and O–H groups in total. The molecule has 4 aromatic rings. The molecular formula is C17H15N7OS.